The van der Waals surface area contributed by atoms with E-state index in [4.69, 9.17) is 0 Å². The molecule has 2 unspecified atom stereocenters. The predicted octanol–water partition coefficient (Wildman–Crippen LogP) is 1.17. The number of carbonyl (C=O) groups is 1. The van der Waals surface area contributed by atoms with Crippen LogP contribution in [0.25, 0.3) is 11.3 Å². The third-order valence-electron chi connectivity index (χ3n) is 4.34. The van der Waals surface area contributed by atoms with Gasteiger partial charge in [0.2, 0.25) is 5.91 Å². The minimum absolute atomic E-state index is 0.0667. The normalized spacial score (nSPS) is 20.5. The van der Waals surface area contributed by atoms with E-state index in [1.165, 1.54) is 10.7 Å². The van der Waals surface area contributed by atoms with Crippen molar-refractivity contribution in [1.82, 2.24) is 20.4 Å². The number of nitrogens with one attached hydrogen (secondary N) is 2. The molecule has 1 aromatic heterocycles. The maximum Gasteiger partial charge on any atom is 0.267 e. The molecule has 3 rings (SSSR count). The lowest BCUT2D eigenvalue weighted by molar-refractivity contribution is -0.123. The van der Waals surface area contributed by atoms with Gasteiger partial charge in [-0.2, -0.15) is 5.10 Å². The standard InChI is InChI=1S/C18H22N4O2/c1-13-15(8-5-11-19-13)20-17(23)12-22-18(24)10-9-16(21-22)14-6-3-2-4-7-14/h2-4,6-7,9-10,13,15,19H,5,8,11-12H2,1H3,(H,20,23). The Morgan fingerprint density at radius 2 is 2.08 bits per heavy atom. The smallest absolute Gasteiger partial charge is 0.267 e. The van der Waals surface area contributed by atoms with E-state index in [1.54, 1.807) is 6.07 Å². The van der Waals surface area contributed by atoms with Crippen LogP contribution in [0.4, 0.5) is 0 Å². The Morgan fingerprint density at radius 3 is 2.83 bits per heavy atom. The van der Waals surface area contributed by atoms with Crippen LogP contribution in [-0.4, -0.2) is 34.3 Å². The molecule has 2 heterocycles. The summed E-state index contributed by atoms with van der Waals surface area (Å²) in [5, 5.41) is 10.7. The molecule has 126 valence electrons. The first kappa shape index (κ1) is 16.4. The molecule has 1 amide bonds. The van der Waals surface area contributed by atoms with Gasteiger partial charge in [-0.1, -0.05) is 30.3 Å². The van der Waals surface area contributed by atoms with Crippen molar-refractivity contribution in [1.29, 1.82) is 0 Å². The summed E-state index contributed by atoms with van der Waals surface area (Å²) in [5.74, 6) is -0.185. The van der Waals surface area contributed by atoms with Crippen LogP contribution in [0, 0.1) is 0 Å². The molecule has 0 spiro atoms. The third kappa shape index (κ3) is 3.89. The number of amides is 1. The van der Waals surface area contributed by atoms with Crippen LogP contribution in [0.5, 0.6) is 0 Å². The number of rotatable bonds is 4. The number of carbonyl (C=O) groups excluding carboxylic acids is 1. The number of aromatic nitrogens is 2. The number of piperidine rings is 1. The van der Waals surface area contributed by atoms with E-state index in [2.05, 4.69) is 22.7 Å². The van der Waals surface area contributed by atoms with Crippen molar-refractivity contribution in [3.8, 4) is 11.3 Å². The summed E-state index contributed by atoms with van der Waals surface area (Å²) in [6.07, 6.45) is 1.99. The van der Waals surface area contributed by atoms with Crippen LogP contribution in [-0.2, 0) is 11.3 Å². The lowest BCUT2D eigenvalue weighted by Gasteiger charge is -2.30. The van der Waals surface area contributed by atoms with Crippen LogP contribution in [0.2, 0.25) is 0 Å². The average Bonchev–Trinajstić information content (AvgIpc) is 2.60. The second-order valence-electron chi connectivity index (χ2n) is 6.14. The van der Waals surface area contributed by atoms with E-state index < -0.39 is 0 Å². The molecule has 2 aromatic rings. The summed E-state index contributed by atoms with van der Waals surface area (Å²) in [6.45, 7) is 2.97. The van der Waals surface area contributed by atoms with E-state index in [-0.39, 0.29) is 30.1 Å². The Hall–Kier alpha value is -2.47. The lowest BCUT2D eigenvalue weighted by Crippen LogP contribution is -2.52. The highest BCUT2D eigenvalue weighted by Gasteiger charge is 2.22. The molecule has 6 heteroatoms. The third-order valence-corrected chi connectivity index (χ3v) is 4.34. The fraction of sp³-hybridized carbons (Fsp3) is 0.389. The first-order chi connectivity index (χ1) is 11.6. The maximum absolute atomic E-state index is 12.3. The van der Waals surface area contributed by atoms with Crippen molar-refractivity contribution < 1.29 is 4.79 Å². The van der Waals surface area contributed by atoms with Gasteiger partial charge >= 0.3 is 0 Å². The summed E-state index contributed by atoms with van der Waals surface area (Å²) in [5.41, 5.74) is 1.31. The van der Waals surface area contributed by atoms with E-state index in [0.29, 0.717) is 5.69 Å². The predicted molar refractivity (Wildman–Crippen MR) is 92.6 cm³/mol. The number of benzene rings is 1. The Labute approximate surface area is 140 Å². The van der Waals surface area contributed by atoms with E-state index in [9.17, 15) is 9.59 Å². The number of hydrogen-bond donors (Lipinski definition) is 2. The zero-order chi connectivity index (χ0) is 16.9. The maximum atomic E-state index is 12.3. The second-order valence-corrected chi connectivity index (χ2v) is 6.14. The van der Waals surface area contributed by atoms with Gasteiger partial charge in [-0.15, -0.1) is 0 Å². The van der Waals surface area contributed by atoms with Gasteiger partial charge in [-0.25, -0.2) is 4.68 Å². The fourth-order valence-corrected chi connectivity index (χ4v) is 2.95. The summed E-state index contributed by atoms with van der Waals surface area (Å²) in [4.78, 5) is 24.3. The molecule has 1 saturated heterocycles. The molecular weight excluding hydrogens is 304 g/mol. The van der Waals surface area contributed by atoms with Crippen molar-refractivity contribution in [3.05, 3.63) is 52.8 Å². The Balaban J connectivity index is 1.72. The largest absolute Gasteiger partial charge is 0.350 e. The van der Waals surface area contributed by atoms with E-state index in [1.807, 2.05) is 30.3 Å². The Morgan fingerprint density at radius 1 is 1.29 bits per heavy atom. The molecule has 0 radical (unpaired) electrons. The van der Waals surface area contributed by atoms with Crippen molar-refractivity contribution in [2.45, 2.75) is 38.4 Å². The Kier molecular flexibility index (Phi) is 5.05. The molecule has 1 aromatic carbocycles. The van der Waals surface area contributed by atoms with Gasteiger partial charge < -0.3 is 10.6 Å². The first-order valence-electron chi connectivity index (χ1n) is 8.30. The highest BCUT2D eigenvalue weighted by molar-refractivity contribution is 5.76. The average molecular weight is 326 g/mol. The topological polar surface area (TPSA) is 76.0 Å². The van der Waals surface area contributed by atoms with Crippen molar-refractivity contribution in [2.75, 3.05) is 6.54 Å². The van der Waals surface area contributed by atoms with Gasteiger partial charge in [-0.3, -0.25) is 9.59 Å². The molecule has 1 aliphatic heterocycles. The highest BCUT2D eigenvalue weighted by Crippen LogP contribution is 2.14. The van der Waals surface area contributed by atoms with Gasteiger partial charge in [0.15, 0.2) is 0 Å². The molecule has 0 aliphatic carbocycles. The van der Waals surface area contributed by atoms with Gasteiger partial charge in [0.25, 0.3) is 5.56 Å². The molecule has 2 atom stereocenters. The van der Waals surface area contributed by atoms with Crippen molar-refractivity contribution >= 4 is 5.91 Å². The number of nitrogens with zero attached hydrogens (tertiary/aromatic N) is 2. The molecule has 6 nitrogen and oxygen atoms in total. The monoisotopic (exact) mass is 326 g/mol. The minimum atomic E-state index is -0.278. The van der Waals surface area contributed by atoms with Crippen LogP contribution in [0.1, 0.15) is 19.8 Å². The zero-order valence-electron chi connectivity index (χ0n) is 13.7. The van der Waals surface area contributed by atoms with Crippen LogP contribution in [0.15, 0.2) is 47.3 Å². The van der Waals surface area contributed by atoms with Crippen LogP contribution >= 0.6 is 0 Å². The molecule has 24 heavy (non-hydrogen) atoms. The van der Waals surface area contributed by atoms with Gasteiger partial charge in [0, 0.05) is 23.7 Å². The summed E-state index contributed by atoms with van der Waals surface area (Å²) >= 11 is 0. The van der Waals surface area contributed by atoms with Gasteiger partial charge in [0.05, 0.1) is 5.69 Å². The molecule has 0 bridgehead atoms. The lowest BCUT2D eigenvalue weighted by atomic mass is 10.00. The summed E-state index contributed by atoms with van der Waals surface area (Å²) in [6, 6.07) is 13.1. The first-order valence-corrected chi connectivity index (χ1v) is 8.30. The molecule has 1 aliphatic rings. The summed E-state index contributed by atoms with van der Waals surface area (Å²) in [7, 11) is 0. The highest BCUT2D eigenvalue weighted by atomic mass is 16.2. The molecule has 1 fully saturated rings. The van der Waals surface area contributed by atoms with E-state index >= 15 is 0 Å². The Bertz CT molecular complexity index is 757. The molecule has 0 saturated carbocycles. The van der Waals surface area contributed by atoms with E-state index in [0.717, 1.165) is 24.9 Å². The van der Waals surface area contributed by atoms with Crippen LogP contribution < -0.4 is 16.2 Å². The zero-order valence-corrected chi connectivity index (χ0v) is 13.7. The quantitative estimate of drug-likeness (QED) is 0.884. The van der Waals surface area contributed by atoms with Crippen LogP contribution in [0.3, 0.4) is 0 Å². The minimum Gasteiger partial charge on any atom is -0.350 e. The van der Waals surface area contributed by atoms with Crippen molar-refractivity contribution in [2.24, 2.45) is 0 Å². The van der Waals surface area contributed by atoms with Crippen molar-refractivity contribution in [3.63, 3.8) is 0 Å². The summed E-state index contributed by atoms with van der Waals surface area (Å²) < 4.78 is 1.22. The number of hydrogen-bond acceptors (Lipinski definition) is 4. The fourth-order valence-electron chi connectivity index (χ4n) is 2.95. The van der Waals surface area contributed by atoms with Gasteiger partial charge in [-0.05, 0) is 32.4 Å². The second kappa shape index (κ2) is 7.40. The SMILES string of the molecule is CC1NCCCC1NC(=O)Cn1nc(-c2ccccc2)ccc1=O. The molecular formula is C18H22N4O2. The van der Waals surface area contributed by atoms with Gasteiger partial charge in [0.1, 0.15) is 6.54 Å². The molecule has 2 N–H and O–H groups in total.